The molecule has 184 valence electrons. The van der Waals surface area contributed by atoms with Gasteiger partial charge in [-0.3, -0.25) is 9.59 Å². The van der Waals surface area contributed by atoms with E-state index in [2.05, 4.69) is 34.9 Å². The third-order valence-corrected chi connectivity index (χ3v) is 7.92. The van der Waals surface area contributed by atoms with Crippen LogP contribution in [-0.2, 0) is 14.3 Å². The van der Waals surface area contributed by atoms with Crippen molar-refractivity contribution in [2.24, 2.45) is 11.3 Å². The Morgan fingerprint density at radius 3 is 2.34 bits per heavy atom. The Morgan fingerprint density at radius 2 is 1.71 bits per heavy atom. The Morgan fingerprint density at radius 1 is 1.06 bits per heavy atom. The molecule has 3 aliphatic carbocycles. The van der Waals surface area contributed by atoms with E-state index in [4.69, 9.17) is 9.84 Å². The summed E-state index contributed by atoms with van der Waals surface area (Å²) in [7, 11) is 0. The zero-order chi connectivity index (χ0) is 24.6. The average molecular weight is 477 g/mol. The van der Waals surface area contributed by atoms with E-state index in [9.17, 15) is 14.4 Å². The number of nitrogens with one attached hydrogen (secondary N) is 2. The molecule has 0 unspecified atom stereocenters. The molecule has 0 aliphatic heterocycles. The standard InChI is InChI=1S/C28H32N2O5/c1-2-7-18(13-25(31)32)29-26(33)28-14-17(28)12-19(15-28)30-27(34)35-16-24-22-10-5-3-8-20(22)21-9-4-6-11-23(21)24/h3-6,8-11,17-19,24H,2,7,12-16H2,1H3,(H,29,33)(H,30,34)(H,31,32)/t17-,18-,19+,28+/m0/s1. The zero-order valence-corrected chi connectivity index (χ0v) is 20.0. The molecule has 0 radical (unpaired) electrons. The van der Waals surface area contributed by atoms with Crippen LogP contribution in [0.1, 0.15) is 62.5 Å². The monoisotopic (exact) mass is 476 g/mol. The van der Waals surface area contributed by atoms with E-state index in [0.29, 0.717) is 12.8 Å². The van der Waals surface area contributed by atoms with E-state index in [0.717, 1.165) is 19.3 Å². The van der Waals surface area contributed by atoms with E-state index >= 15 is 0 Å². The van der Waals surface area contributed by atoms with Crippen LogP contribution in [0.2, 0.25) is 0 Å². The van der Waals surface area contributed by atoms with E-state index in [-0.39, 0.29) is 42.9 Å². The van der Waals surface area contributed by atoms with Crippen LogP contribution in [0.15, 0.2) is 48.5 Å². The molecule has 3 N–H and O–H groups in total. The lowest BCUT2D eigenvalue weighted by atomic mass is 9.98. The van der Waals surface area contributed by atoms with Crippen molar-refractivity contribution in [1.29, 1.82) is 0 Å². The van der Waals surface area contributed by atoms with Crippen LogP contribution in [0.5, 0.6) is 0 Å². The van der Waals surface area contributed by atoms with Crippen molar-refractivity contribution in [2.45, 2.75) is 63.5 Å². The van der Waals surface area contributed by atoms with Crippen LogP contribution in [0.3, 0.4) is 0 Å². The Balaban J connectivity index is 1.15. The molecule has 4 atom stereocenters. The van der Waals surface area contributed by atoms with E-state index in [1.54, 1.807) is 0 Å². The van der Waals surface area contributed by atoms with Crippen molar-refractivity contribution in [2.75, 3.05) is 6.61 Å². The van der Waals surface area contributed by atoms with E-state index in [1.807, 2.05) is 31.2 Å². The van der Waals surface area contributed by atoms with E-state index in [1.165, 1.54) is 22.3 Å². The number of alkyl carbamates (subject to hydrolysis) is 1. The first-order chi connectivity index (χ1) is 16.9. The Labute approximate surface area is 205 Å². The molecular weight excluding hydrogens is 444 g/mol. The highest BCUT2D eigenvalue weighted by Crippen LogP contribution is 2.63. The number of benzene rings is 2. The summed E-state index contributed by atoms with van der Waals surface area (Å²) in [5.74, 6) is -0.741. The summed E-state index contributed by atoms with van der Waals surface area (Å²) in [6.07, 6.45) is 3.04. The van der Waals surface area contributed by atoms with Crippen LogP contribution in [0.4, 0.5) is 4.79 Å². The summed E-state index contributed by atoms with van der Waals surface area (Å²) in [6.45, 7) is 2.23. The summed E-state index contributed by atoms with van der Waals surface area (Å²) in [6, 6.07) is 16.0. The molecular formula is C28H32N2O5. The number of carbonyl (C=O) groups excluding carboxylic acids is 2. The van der Waals surface area contributed by atoms with Crippen molar-refractivity contribution in [3.63, 3.8) is 0 Å². The number of rotatable bonds is 9. The first kappa shape index (κ1) is 23.4. The summed E-state index contributed by atoms with van der Waals surface area (Å²) in [5.41, 5.74) is 4.23. The number of carboxylic acids is 1. The minimum Gasteiger partial charge on any atom is -0.481 e. The van der Waals surface area contributed by atoms with Gasteiger partial charge in [0.2, 0.25) is 5.91 Å². The van der Waals surface area contributed by atoms with Gasteiger partial charge in [0.15, 0.2) is 0 Å². The van der Waals surface area contributed by atoms with Crippen LogP contribution in [-0.4, -0.2) is 41.8 Å². The summed E-state index contributed by atoms with van der Waals surface area (Å²) in [4.78, 5) is 36.8. The second-order valence-corrected chi connectivity index (χ2v) is 10.2. The highest BCUT2D eigenvalue weighted by atomic mass is 16.5. The summed E-state index contributed by atoms with van der Waals surface area (Å²) >= 11 is 0. The van der Waals surface area contributed by atoms with Crippen molar-refractivity contribution >= 4 is 18.0 Å². The highest BCUT2D eigenvalue weighted by Gasteiger charge is 2.65. The zero-order valence-electron chi connectivity index (χ0n) is 20.0. The van der Waals surface area contributed by atoms with Gasteiger partial charge in [0.25, 0.3) is 0 Å². The largest absolute Gasteiger partial charge is 0.481 e. The molecule has 2 aromatic rings. The van der Waals surface area contributed by atoms with Gasteiger partial charge in [-0.1, -0.05) is 61.9 Å². The normalized spacial score (nSPS) is 24.6. The third kappa shape index (κ3) is 4.51. The molecule has 0 heterocycles. The number of hydrogen-bond acceptors (Lipinski definition) is 4. The SMILES string of the molecule is CCC[C@@H](CC(=O)O)NC(=O)[C@]12C[C@H](NC(=O)OCC3c4ccccc4-c4ccccc43)C[C@H]1C2. The first-order valence-electron chi connectivity index (χ1n) is 12.6. The quantitative estimate of drug-likeness (QED) is 0.496. The molecule has 35 heavy (non-hydrogen) atoms. The molecule has 0 aromatic heterocycles. The number of amides is 2. The molecule has 7 heteroatoms. The van der Waals surface area contributed by atoms with Crippen molar-refractivity contribution in [3.05, 3.63) is 59.7 Å². The fraction of sp³-hybridized carbons (Fsp3) is 0.464. The van der Waals surface area contributed by atoms with Crippen LogP contribution in [0.25, 0.3) is 11.1 Å². The van der Waals surface area contributed by atoms with Crippen molar-refractivity contribution in [3.8, 4) is 11.1 Å². The second-order valence-electron chi connectivity index (χ2n) is 10.2. The number of aliphatic carboxylic acids is 1. The van der Waals surface area contributed by atoms with E-state index < -0.39 is 17.5 Å². The Hall–Kier alpha value is -3.35. The number of ether oxygens (including phenoxy) is 1. The minimum absolute atomic E-state index is 0.00647. The number of fused-ring (bicyclic) bond motifs is 4. The van der Waals surface area contributed by atoms with Gasteiger partial charge in [-0.2, -0.15) is 0 Å². The molecule has 2 aromatic carbocycles. The third-order valence-electron chi connectivity index (χ3n) is 7.92. The van der Waals surface area contributed by atoms with Gasteiger partial charge in [-0.05, 0) is 53.9 Å². The predicted octanol–water partition coefficient (Wildman–Crippen LogP) is 4.45. The lowest BCUT2D eigenvalue weighted by Crippen LogP contribution is -2.42. The smallest absolute Gasteiger partial charge is 0.407 e. The maximum atomic E-state index is 13.0. The van der Waals surface area contributed by atoms with Gasteiger partial charge in [0, 0.05) is 18.0 Å². The van der Waals surface area contributed by atoms with Gasteiger partial charge in [0.05, 0.1) is 11.8 Å². The van der Waals surface area contributed by atoms with Gasteiger partial charge >= 0.3 is 12.1 Å². The molecule has 2 saturated carbocycles. The molecule has 5 rings (SSSR count). The fourth-order valence-corrected chi connectivity index (χ4v) is 6.21. The lowest BCUT2D eigenvalue weighted by Gasteiger charge is -2.22. The van der Waals surface area contributed by atoms with Crippen LogP contribution < -0.4 is 10.6 Å². The van der Waals surface area contributed by atoms with Crippen LogP contribution >= 0.6 is 0 Å². The van der Waals surface area contributed by atoms with Gasteiger partial charge in [-0.25, -0.2) is 4.79 Å². The Kier molecular flexibility index (Phi) is 6.26. The summed E-state index contributed by atoms with van der Waals surface area (Å²) < 4.78 is 5.67. The topological polar surface area (TPSA) is 105 Å². The first-order valence-corrected chi connectivity index (χ1v) is 12.6. The second kappa shape index (κ2) is 9.36. The molecule has 2 amide bonds. The minimum atomic E-state index is -0.908. The molecule has 3 aliphatic rings. The molecule has 0 spiro atoms. The predicted molar refractivity (Wildman–Crippen MR) is 131 cm³/mol. The summed E-state index contributed by atoms with van der Waals surface area (Å²) in [5, 5.41) is 15.1. The fourth-order valence-electron chi connectivity index (χ4n) is 6.21. The maximum absolute atomic E-state index is 13.0. The van der Waals surface area contributed by atoms with Crippen molar-refractivity contribution in [1.82, 2.24) is 10.6 Å². The van der Waals surface area contributed by atoms with Gasteiger partial charge in [-0.15, -0.1) is 0 Å². The maximum Gasteiger partial charge on any atom is 0.407 e. The average Bonchev–Trinajstić information content (AvgIpc) is 3.26. The lowest BCUT2D eigenvalue weighted by molar-refractivity contribution is -0.138. The van der Waals surface area contributed by atoms with Crippen LogP contribution in [0, 0.1) is 11.3 Å². The highest BCUT2D eigenvalue weighted by molar-refractivity contribution is 5.87. The Bertz CT molecular complexity index is 1100. The number of carbonyl (C=O) groups is 3. The molecule has 2 fully saturated rings. The number of carboxylic acid groups (broad SMARTS) is 1. The molecule has 0 bridgehead atoms. The molecule has 7 nitrogen and oxygen atoms in total. The van der Waals surface area contributed by atoms with Gasteiger partial charge < -0.3 is 20.5 Å². The van der Waals surface area contributed by atoms with Gasteiger partial charge in [0.1, 0.15) is 6.61 Å². The molecule has 0 saturated heterocycles. The number of hydrogen-bond donors (Lipinski definition) is 3. The van der Waals surface area contributed by atoms with Crippen molar-refractivity contribution < 1.29 is 24.2 Å².